The van der Waals surface area contributed by atoms with Gasteiger partial charge in [0.25, 0.3) is 0 Å². The van der Waals surface area contributed by atoms with Gasteiger partial charge in [0.15, 0.2) is 0 Å². The first kappa shape index (κ1) is 14.1. The van der Waals surface area contributed by atoms with Crippen LogP contribution in [-0.2, 0) is 23.0 Å². The zero-order valence-corrected chi connectivity index (χ0v) is 12.7. The van der Waals surface area contributed by atoms with Gasteiger partial charge in [-0.05, 0) is 42.7 Å². The largest absolute Gasteiger partial charge is 0.398 e. The van der Waals surface area contributed by atoms with Gasteiger partial charge in [-0.3, -0.25) is 0 Å². The molecule has 0 saturated heterocycles. The Morgan fingerprint density at radius 1 is 1.10 bits per heavy atom. The van der Waals surface area contributed by atoms with Crippen LogP contribution in [-0.4, -0.2) is 19.3 Å². The number of benzene rings is 2. The molecule has 21 heavy (non-hydrogen) atoms. The number of nitrogens with zero attached hydrogens (tertiary/aromatic N) is 1. The molecule has 1 aliphatic heterocycles. The summed E-state index contributed by atoms with van der Waals surface area (Å²) >= 11 is 0. The zero-order chi connectivity index (χ0) is 15.0. The van der Waals surface area contributed by atoms with Crippen LogP contribution in [0.25, 0.3) is 0 Å². The Bertz CT molecular complexity index is 767. The Balaban J connectivity index is 1.95. The van der Waals surface area contributed by atoms with Crippen molar-refractivity contribution in [2.45, 2.75) is 24.8 Å². The molecular weight excluding hydrogens is 284 g/mol. The van der Waals surface area contributed by atoms with E-state index in [1.54, 1.807) is 12.1 Å². The lowest BCUT2D eigenvalue weighted by atomic mass is 10.00. The van der Waals surface area contributed by atoms with Crippen molar-refractivity contribution >= 4 is 15.7 Å². The fourth-order valence-corrected chi connectivity index (χ4v) is 4.06. The van der Waals surface area contributed by atoms with Gasteiger partial charge in [-0.25, -0.2) is 8.42 Å². The number of hydrogen-bond acceptors (Lipinski definition) is 3. The second-order valence-electron chi connectivity index (χ2n) is 5.39. The molecule has 0 aromatic heterocycles. The van der Waals surface area contributed by atoms with E-state index in [2.05, 4.69) is 0 Å². The Kier molecular flexibility index (Phi) is 3.47. The van der Waals surface area contributed by atoms with Gasteiger partial charge in [0.1, 0.15) is 0 Å². The van der Waals surface area contributed by atoms with Crippen molar-refractivity contribution in [1.82, 2.24) is 4.31 Å². The van der Waals surface area contributed by atoms with Gasteiger partial charge in [-0.15, -0.1) is 0 Å². The van der Waals surface area contributed by atoms with E-state index in [1.807, 2.05) is 37.3 Å². The molecule has 0 unspecified atom stereocenters. The molecule has 0 atom stereocenters. The zero-order valence-electron chi connectivity index (χ0n) is 11.9. The Hall–Kier alpha value is -1.85. The van der Waals surface area contributed by atoms with Crippen molar-refractivity contribution < 1.29 is 8.42 Å². The number of nitrogen functional groups attached to an aromatic ring is 1. The molecule has 0 fully saturated rings. The maximum absolute atomic E-state index is 12.7. The summed E-state index contributed by atoms with van der Waals surface area (Å²) in [5, 5.41) is 0. The van der Waals surface area contributed by atoms with Gasteiger partial charge in [0.2, 0.25) is 10.0 Å². The van der Waals surface area contributed by atoms with Crippen LogP contribution in [0.4, 0.5) is 5.69 Å². The standard InChI is InChI=1S/C16H18N2O2S/c1-12-5-7-14(8-6-12)21(19,20)18-10-9-13-3-2-4-16(17)15(13)11-18/h2-8H,9-11,17H2,1H3. The highest BCUT2D eigenvalue weighted by molar-refractivity contribution is 7.89. The molecule has 2 aromatic carbocycles. The van der Waals surface area contributed by atoms with Crippen molar-refractivity contribution in [2.24, 2.45) is 0 Å². The SMILES string of the molecule is Cc1ccc(S(=O)(=O)N2CCc3cccc(N)c3C2)cc1. The predicted molar refractivity (Wildman–Crippen MR) is 83.3 cm³/mol. The number of anilines is 1. The molecule has 3 rings (SSSR count). The third-order valence-corrected chi connectivity index (χ3v) is 5.79. The molecule has 5 heteroatoms. The van der Waals surface area contributed by atoms with Crippen molar-refractivity contribution in [3.63, 3.8) is 0 Å². The first-order valence-electron chi connectivity index (χ1n) is 6.91. The van der Waals surface area contributed by atoms with E-state index in [0.717, 1.165) is 16.7 Å². The van der Waals surface area contributed by atoms with Crippen LogP contribution in [0.2, 0.25) is 0 Å². The second kappa shape index (κ2) is 5.16. The maximum Gasteiger partial charge on any atom is 0.243 e. The molecule has 0 bridgehead atoms. The Morgan fingerprint density at radius 2 is 1.81 bits per heavy atom. The lowest BCUT2D eigenvalue weighted by Crippen LogP contribution is -2.36. The van der Waals surface area contributed by atoms with Crippen LogP contribution in [0.3, 0.4) is 0 Å². The van der Waals surface area contributed by atoms with E-state index < -0.39 is 10.0 Å². The molecule has 0 radical (unpaired) electrons. The summed E-state index contributed by atoms with van der Waals surface area (Å²) in [5.74, 6) is 0. The van der Waals surface area contributed by atoms with E-state index in [-0.39, 0.29) is 0 Å². The lowest BCUT2D eigenvalue weighted by molar-refractivity contribution is 0.392. The van der Waals surface area contributed by atoms with E-state index in [1.165, 1.54) is 4.31 Å². The molecular formula is C16H18N2O2S. The van der Waals surface area contributed by atoms with Crippen molar-refractivity contribution in [3.05, 3.63) is 59.2 Å². The molecule has 2 aromatic rings. The number of nitrogens with two attached hydrogens (primary N) is 1. The first-order valence-corrected chi connectivity index (χ1v) is 8.35. The van der Waals surface area contributed by atoms with Crippen LogP contribution in [0.15, 0.2) is 47.4 Å². The van der Waals surface area contributed by atoms with Crippen LogP contribution in [0, 0.1) is 6.92 Å². The normalized spacial score (nSPS) is 15.7. The summed E-state index contributed by atoms with van der Waals surface area (Å²) < 4.78 is 26.9. The highest BCUT2D eigenvalue weighted by Crippen LogP contribution is 2.28. The number of hydrogen-bond donors (Lipinski definition) is 1. The Morgan fingerprint density at radius 3 is 2.52 bits per heavy atom. The van der Waals surface area contributed by atoms with E-state index in [4.69, 9.17) is 5.73 Å². The molecule has 110 valence electrons. The van der Waals surface area contributed by atoms with Crippen molar-refractivity contribution in [3.8, 4) is 0 Å². The maximum atomic E-state index is 12.7. The van der Waals surface area contributed by atoms with Crippen LogP contribution >= 0.6 is 0 Å². The first-order chi connectivity index (χ1) is 9.98. The smallest absolute Gasteiger partial charge is 0.243 e. The summed E-state index contributed by atoms with van der Waals surface area (Å²) in [6, 6.07) is 12.7. The van der Waals surface area contributed by atoms with E-state index in [9.17, 15) is 8.42 Å². The van der Waals surface area contributed by atoms with Gasteiger partial charge in [-0.2, -0.15) is 4.31 Å². The molecule has 0 aliphatic carbocycles. The van der Waals surface area contributed by atoms with E-state index in [0.29, 0.717) is 30.1 Å². The van der Waals surface area contributed by atoms with Crippen molar-refractivity contribution in [1.29, 1.82) is 0 Å². The Labute approximate surface area is 125 Å². The van der Waals surface area contributed by atoms with Crippen LogP contribution < -0.4 is 5.73 Å². The van der Waals surface area contributed by atoms with Crippen LogP contribution in [0.1, 0.15) is 16.7 Å². The monoisotopic (exact) mass is 302 g/mol. The third-order valence-electron chi connectivity index (χ3n) is 3.93. The molecule has 1 heterocycles. The molecule has 0 saturated carbocycles. The fraction of sp³-hybridized carbons (Fsp3) is 0.250. The van der Waals surface area contributed by atoms with Gasteiger partial charge in [0.05, 0.1) is 4.90 Å². The third kappa shape index (κ3) is 2.54. The minimum atomic E-state index is -3.46. The topological polar surface area (TPSA) is 63.4 Å². The second-order valence-corrected chi connectivity index (χ2v) is 7.32. The minimum Gasteiger partial charge on any atom is -0.398 e. The fourth-order valence-electron chi connectivity index (χ4n) is 2.65. The van der Waals surface area contributed by atoms with Gasteiger partial charge < -0.3 is 5.73 Å². The average molecular weight is 302 g/mol. The van der Waals surface area contributed by atoms with Gasteiger partial charge in [-0.1, -0.05) is 29.8 Å². The van der Waals surface area contributed by atoms with Crippen LogP contribution in [0.5, 0.6) is 0 Å². The summed E-state index contributed by atoms with van der Waals surface area (Å²) in [5.41, 5.74) is 9.76. The van der Waals surface area contributed by atoms with Gasteiger partial charge in [0, 0.05) is 18.8 Å². The van der Waals surface area contributed by atoms with E-state index >= 15 is 0 Å². The number of aryl methyl sites for hydroxylation is 1. The molecule has 0 amide bonds. The highest BCUT2D eigenvalue weighted by atomic mass is 32.2. The molecule has 0 spiro atoms. The minimum absolute atomic E-state index is 0.339. The summed E-state index contributed by atoms with van der Waals surface area (Å²) in [7, 11) is -3.46. The summed E-state index contributed by atoms with van der Waals surface area (Å²) in [6.07, 6.45) is 0.700. The molecule has 2 N–H and O–H groups in total. The lowest BCUT2D eigenvalue weighted by Gasteiger charge is -2.29. The highest BCUT2D eigenvalue weighted by Gasteiger charge is 2.28. The quantitative estimate of drug-likeness (QED) is 0.866. The summed E-state index contributed by atoms with van der Waals surface area (Å²) in [6.45, 7) is 2.78. The number of rotatable bonds is 2. The number of fused-ring (bicyclic) bond motifs is 1. The number of sulfonamides is 1. The average Bonchev–Trinajstić information content (AvgIpc) is 2.48. The molecule has 4 nitrogen and oxygen atoms in total. The summed E-state index contributed by atoms with van der Waals surface area (Å²) in [4.78, 5) is 0.339. The predicted octanol–water partition coefficient (Wildman–Crippen LogP) is 2.32. The van der Waals surface area contributed by atoms with Crippen molar-refractivity contribution in [2.75, 3.05) is 12.3 Å². The molecule has 1 aliphatic rings. The van der Waals surface area contributed by atoms with Gasteiger partial charge >= 0.3 is 0 Å².